The highest BCUT2D eigenvalue weighted by atomic mass is 16.5. The van der Waals surface area contributed by atoms with E-state index in [-0.39, 0.29) is 5.97 Å². The van der Waals surface area contributed by atoms with Crippen molar-refractivity contribution in [2.24, 2.45) is 0 Å². The van der Waals surface area contributed by atoms with Gasteiger partial charge in [-0.2, -0.15) is 0 Å². The molecule has 0 aliphatic carbocycles. The number of carbonyl (C=O) groups excluding carboxylic acids is 1. The van der Waals surface area contributed by atoms with Gasteiger partial charge in [-0.1, -0.05) is 118 Å². The quantitative estimate of drug-likeness (QED) is 0.106. The van der Waals surface area contributed by atoms with Gasteiger partial charge in [0, 0.05) is 6.08 Å². The maximum absolute atomic E-state index is 11.7. The summed E-state index contributed by atoms with van der Waals surface area (Å²) < 4.78 is 5.20. The first-order valence-electron chi connectivity index (χ1n) is 10.8. The normalized spacial score (nSPS) is 12.3. The second-order valence-corrected chi connectivity index (χ2v) is 7.09. The fourth-order valence-electron chi connectivity index (χ4n) is 2.67. The lowest BCUT2D eigenvalue weighted by molar-refractivity contribution is -0.128. The lowest BCUT2D eigenvalue weighted by Crippen LogP contribution is -2.03. The zero-order valence-electron chi connectivity index (χ0n) is 18.1. The van der Waals surface area contributed by atoms with Crippen molar-refractivity contribution in [2.45, 2.75) is 65.2 Å². The number of hydrogen-bond acceptors (Lipinski definition) is 2. The van der Waals surface area contributed by atoms with Crippen LogP contribution in [0.25, 0.3) is 0 Å². The predicted octanol–water partition coefficient (Wildman–Crippen LogP) is 7.82. The van der Waals surface area contributed by atoms with Crippen LogP contribution in [0.15, 0.2) is 85.0 Å². The van der Waals surface area contributed by atoms with Crippen LogP contribution in [0.3, 0.4) is 0 Å². The average molecular weight is 393 g/mol. The monoisotopic (exact) mass is 392 g/mol. The molecule has 0 heterocycles. The Balaban J connectivity index is 2.09. The molecule has 0 fully saturated rings. The van der Waals surface area contributed by atoms with E-state index >= 15 is 0 Å². The van der Waals surface area contributed by atoms with Gasteiger partial charge < -0.3 is 4.74 Å². The van der Waals surface area contributed by atoms with Gasteiger partial charge >= 0.3 is 5.97 Å². The third-order valence-corrected chi connectivity index (χ3v) is 4.36. The molecule has 2 heteroatoms. The zero-order chi connectivity index (χ0) is 21.0. The summed E-state index contributed by atoms with van der Waals surface area (Å²) in [7, 11) is 0. The van der Waals surface area contributed by atoms with Crippen LogP contribution in [0.1, 0.15) is 63.9 Å². The maximum Gasteiger partial charge on any atom is 0.336 e. The standard InChI is InChI=1S/C27H36O2/c1-3-4-5-6-7-8-9-10-11-12-13-14-15-16-17-18-19-20-27(28)29-26-23-21-25(2)22-24-26/h11-24H,3-10H2,1-2H3/b12-11-,14-13-,16-15+,18-17-,20-19+. The van der Waals surface area contributed by atoms with Crippen molar-refractivity contribution < 1.29 is 9.53 Å². The Hall–Kier alpha value is -2.61. The van der Waals surface area contributed by atoms with Crippen LogP contribution in [0.5, 0.6) is 5.75 Å². The Labute approximate surface area is 177 Å². The van der Waals surface area contributed by atoms with Crippen molar-refractivity contribution in [3.63, 3.8) is 0 Å². The fourth-order valence-corrected chi connectivity index (χ4v) is 2.67. The number of rotatable bonds is 14. The van der Waals surface area contributed by atoms with E-state index in [0.29, 0.717) is 5.75 Å². The first-order chi connectivity index (χ1) is 14.2. The van der Waals surface area contributed by atoms with Crippen molar-refractivity contribution in [3.8, 4) is 5.75 Å². The van der Waals surface area contributed by atoms with Crippen molar-refractivity contribution in [1.29, 1.82) is 0 Å². The van der Waals surface area contributed by atoms with Crippen LogP contribution in [-0.2, 0) is 4.79 Å². The minimum atomic E-state index is -0.381. The molecule has 1 aromatic rings. The molecule has 0 aliphatic heterocycles. The van der Waals surface area contributed by atoms with E-state index in [2.05, 4.69) is 19.1 Å². The number of hydrogen-bond donors (Lipinski definition) is 0. The highest BCUT2D eigenvalue weighted by Crippen LogP contribution is 2.11. The maximum atomic E-state index is 11.7. The zero-order valence-corrected chi connectivity index (χ0v) is 18.1. The third kappa shape index (κ3) is 15.0. The van der Waals surface area contributed by atoms with Crippen molar-refractivity contribution >= 4 is 5.97 Å². The number of ether oxygens (including phenoxy) is 1. The molecule has 29 heavy (non-hydrogen) atoms. The van der Waals surface area contributed by atoms with E-state index in [1.807, 2.05) is 49.4 Å². The van der Waals surface area contributed by atoms with E-state index in [0.717, 1.165) is 12.0 Å². The molecule has 0 atom stereocenters. The minimum absolute atomic E-state index is 0.381. The van der Waals surface area contributed by atoms with E-state index < -0.39 is 0 Å². The van der Waals surface area contributed by atoms with Crippen molar-refractivity contribution in [2.75, 3.05) is 0 Å². The van der Waals surface area contributed by atoms with Gasteiger partial charge in [0.25, 0.3) is 0 Å². The predicted molar refractivity (Wildman–Crippen MR) is 125 cm³/mol. The number of allylic oxidation sites excluding steroid dienone is 9. The Bertz CT molecular complexity index is 688. The van der Waals surface area contributed by atoms with Gasteiger partial charge in [0.1, 0.15) is 5.75 Å². The van der Waals surface area contributed by atoms with E-state index in [1.165, 1.54) is 51.0 Å². The molecular weight excluding hydrogens is 356 g/mol. The Morgan fingerprint density at radius 1 is 0.759 bits per heavy atom. The number of carbonyl (C=O) groups is 1. The summed E-state index contributed by atoms with van der Waals surface area (Å²) in [6.45, 7) is 4.25. The Morgan fingerprint density at radius 2 is 1.31 bits per heavy atom. The topological polar surface area (TPSA) is 26.3 Å². The minimum Gasteiger partial charge on any atom is -0.423 e. The summed E-state index contributed by atoms with van der Waals surface area (Å²) in [5.74, 6) is 0.174. The largest absolute Gasteiger partial charge is 0.423 e. The molecule has 0 radical (unpaired) electrons. The second-order valence-electron chi connectivity index (χ2n) is 7.09. The van der Waals surface area contributed by atoms with Crippen LogP contribution in [0.2, 0.25) is 0 Å². The summed E-state index contributed by atoms with van der Waals surface area (Å²) in [6.07, 6.45) is 29.7. The smallest absolute Gasteiger partial charge is 0.336 e. The first-order valence-corrected chi connectivity index (χ1v) is 10.8. The molecule has 156 valence electrons. The average Bonchev–Trinajstić information content (AvgIpc) is 2.72. The molecule has 2 nitrogen and oxygen atoms in total. The van der Waals surface area contributed by atoms with Gasteiger partial charge in [-0.25, -0.2) is 4.79 Å². The number of benzene rings is 1. The van der Waals surface area contributed by atoms with E-state index in [4.69, 9.17) is 4.74 Å². The van der Waals surface area contributed by atoms with Gasteiger partial charge in [-0.15, -0.1) is 0 Å². The molecule has 1 aromatic carbocycles. The summed E-state index contributed by atoms with van der Waals surface area (Å²) in [4.78, 5) is 11.7. The molecule has 0 saturated heterocycles. The van der Waals surface area contributed by atoms with E-state index in [1.54, 1.807) is 24.3 Å². The van der Waals surface area contributed by atoms with Crippen molar-refractivity contribution in [3.05, 3.63) is 90.6 Å². The van der Waals surface area contributed by atoms with Crippen LogP contribution >= 0.6 is 0 Å². The molecule has 0 aliphatic rings. The lowest BCUT2D eigenvalue weighted by atomic mass is 10.1. The second kappa shape index (κ2) is 17.5. The van der Waals surface area contributed by atoms with Crippen molar-refractivity contribution in [1.82, 2.24) is 0 Å². The summed E-state index contributed by atoms with van der Waals surface area (Å²) in [5, 5.41) is 0. The van der Waals surface area contributed by atoms with Crippen LogP contribution in [0.4, 0.5) is 0 Å². The molecular formula is C27H36O2. The molecule has 0 saturated carbocycles. The number of unbranched alkanes of at least 4 members (excludes halogenated alkanes) is 7. The Kier molecular flexibility index (Phi) is 14.7. The SMILES string of the molecule is CCCCCCCCC\C=C/C=C\C=C\C=C/C=C/C(=O)Oc1ccc(C)cc1. The van der Waals surface area contributed by atoms with Gasteiger partial charge in [-0.3, -0.25) is 0 Å². The van der Waals surface area contributed by atoms with Gasteiger partial charge in [0.2, 0.25) is 0 Å². The molecule has 0 aromatic heterocycles. The molecule has 0 spiro atoms. The summed E-state index contributed by atoms with van der Waals surface area (Å²) >= 11 is 0. The summed E-state index contributed by atoms with van der Waals surface area (Å²) in [5.41, 5.74) is 1.13. The number of aryl methyl sites for hydroxylation is 1. The molecule has 0 bridgehead atoms. The lowest BCUT2D eigenvalue weighted by Gasteiger charge is -2.00. The highest BCUT2D eigenvalue weighted by molar-refractivity contribution is 5.84. The Morgan fingerprint density at radius 3 is 1.97 bits per heavy atom. The van der Waals surface area contributed by atoms with Gasteiger partial charge in [0.05, 0.1) is 0 Å². The summed E-state index contributed by atoms with van der Waals surface area (Å²) in [6, 6.07) is 7.40. The van der Waals surface area contributed by atoms with Crippen LogP contribution < -0.4 is 4.74 Å². The molecule has 1 rings (SSSR count). The first kappa shape index (κ1) is 24.4. The number of esters is 1. The van der Waals surface area contributed by atoms with E-state index in [9.17, 15) is 4.79 Å². The van der Waals surface area contributed by atoms with Crippen LogP contribution in [-0.4, -0.2) is 5.97 Å². The highest BCUT2D eigenvalue weighted by Gasteiger charge is 1.98. The molecule has 0 amide bonds. The fraction of sp³-hybridized carbons (Fsp3) is 0.370. The third-order valence-electron chi connectivity index (χ3n) is 4.36. The van der Waals surface area contributed by atoms with Crippen LogP contribution in [0, 0.1) is 6.92 Å². The van der Waals surface area contributed by atoms with Gasteiger partial charge in [-0.05, 0) is 31.9 Å². The molecule has 0 N–H and O–H groups in total. The van der Waals surface area contributed by atoms with Gasteiger partial charge in [0.15, 0.2) is 0 Å². The molecule has 0 unspecified atom stereocenters.